The molecule has 8 nitrogen and oxygen atoms in total. The lowest BCUT2D eigenvalue weighted by Crippen LogP contribution is -2.51. The molecule has 0 aromatic heterocycles. The van der Waals surface area contributed by atoms with E-state index in [-0.39, 0.29) is 17.3 Å². The van der Waals surface area contributed by atoms with E-state index < -0.39 is 28.5 Å². The lowest BCUT2D eigenvalue weighted by Gasteiger charge is -2.32. The third-order valence-electron chi connectivity index (χ3n) is 6.55. The lowest BCUT2D eigenvalue weighted by atomic mass is 10.1. The molecule has 0 radical (unpaired) electrons. The van der Waals surface area contributed by atoms with Gasteiger partial charge < -0.3 is 15.0 Å². The van der Waals surface area contributed by atoms with Crippen LogP contribution in [0.5, 0.6) is 5.75 Å². The zero-order chi connectivity index (χ0) is 30.0. The van der Waals surface area contributed by atoms with Crippen LogP contribution in [0.25, 0.3) is 0 Å². The number of hydrogen-bond acceptors (Lipinski definition) is 6. The summed E-state index contributed by atoms with van der Waals surface area (Å²) in [5.41, 5.74) is 2.22. The summed E-state index contributed by atoms with van der Waals surface area (Å²) in [6, 6.07) is 20.0. The maximum absolute atomic E-state index is 14.0. The molecule has 0 fully saturated rings. The minimum atomic E-state index is -4.14. The molecule has 0 saturated heterocycles. The Hall–Kier alpha value is -3.50. The molecular weight excluding hydrogens is 558 g/mol. The molecule has 220 valence electrons. The van der Waals surface area contributed by atoms with Crippen molar-refractivity contribution in [3.63, 3.8) is 0 Å². The van der Waals surface area contributed by atoms with Crippen LogP contribution in [-0.2, 0) is 26.2 Å². The number of sulfonamides is 1. The molecule has 10 heteroatoms. The van der Waals surface area contributed by atoms with Crippen LogP contribution >= 0.6 is 11.8 Å². The van der Waals surface area contributed by atoms with Crippen molar-refractivity contribution < 1.29 is 22.7 Å². The third-order valence-corrected chi connectivity index (χ3v) is 9.08. The number of carbonyl (C=O) groups excluding carboxylic acids is 2. The summed E-state index contributed by atoms with van der Waals surface area (Å²) in [6.07, 6.45) is 2.67. The first kappa shape index (κ1) is 32.0. The minimum Gasteiger partial charge on any atom is -0.494 e. The largest absolute Gasteiger partial charge is 0.494 e. The summed E-state index contributed by atoms with van der Waals surface area (Å²) in [6.45, 7) is 8.06. The van der Waals surface area contributed by atoms with E-state index in [4.69, 9.17) is 4.74 Å². The van der Waals surface area contributed by atoms with Gasteiger partial charge in [-0.3, -0.25) is 13.9 Å². The van der Waals surface area contributed by atoms with Crippen molar-refractivity contribution in [2.24, 2.45) is 0 Å². The predicted octanol–water partition coefficient (Wildman–Crippen LogP) is 5.25. The highest BCUT2D eigenvalue weighted by Gasteiger charge is 2.32. The standard InChI is InChI=1S/C31H39N3O5S2/c1-6-20-32-31(36)24(4)33(21-25-10-8-23(3)9-11-25)30(35)22-34(26-12-14-27(15-13-26)39-7-2)41(37,38)29-18-16-28(40-5)17-19-29/h8-19,24H,6-7,20-22H2,1-5H3,(H,32,36). The molecule has 1 atom stereocenters. The van der Waals surface area contributed by atoms with Gasteiger partial charge in [-0.15, -0.1) is 11.8 Å². The molecule has 0 aliphatic carbocycles. The van der Waals surface area contributed by atoms with Crippen molar-refractivity contribution in [3.8, 4) is 5.75 Å². The van der Waals surface area contributed by atoms with Crippen molar-refractivity contribution in [2.75, 3.05) is 30.3 Å². The number of ether oxygens (including phenoxy) is 1. The first-order chi connectivity index (χ1) is 19.6. The molecule has 3 rings (SSSR count). The fraction of sp³-hybridized carbons (Fsp3) is 0.355. The Morgan fingerprint density at radius 3 is 2.15 bits per heavy atom. The molecular formula is C31H39N3O5S2. The van der Waals surface area contributed by atoms with Gasteiger partial charge in [0, 0.05) is 18.0 Å². The van der Waals surface area contributed by atoms with Crippen LogP contribution in [0.1, 0.15) is 38.3 Å². The van der Waals surface area contributed by atoms with E-state index in [0.717, 1.165) is 26.7 Å². The molecule has 0 saturated carbocycles. The summed E-state index contributed by atoms with van der Waals surface area (Å²) in [7, 11) is -4.14. The average molecular weight is 598 g/mol. The molecule has 0 aliphatic heterocycles. The molecule has 3 aromatic carbocycles. The second-order valence-corrected chi connectivity index (χ2v) is 12.3. The number of benzene rings is 3. The van der Waals surface area contributed by atoms with Crippen LogP contribution in [0.2, 0.25) is 0 Å². The number of thioether (sulfide) groups is 1. The monoisotopic (exact) mass is 597 g/mol. The molecule has 2 amide bonds. The van der Waals surface area contributed by atoms with Gasteiger partial charge in [-0.05, 0) is 87.5 Å². The first-order valence-electron chi connectivity index (χ1n) is 13.6. The zero-order valence-electron chi connectivity index (χ0n) is 24.3. The molecule has 41 heavy (non-hydrogen) atoms. The Labute approximate surface area is 248 Å². The van der Waals surface area contributed by atoms with Crippen molar-refractivity contribution >= 4 is 39.3 Å². The van der Waals surface area contributed by atoms with Gasteiger partial charge in [0.2, 0.25) is 11.8 Å². The third kappa shape index (κ3) is 8.50. The smallest absolute Gasteiger partial charge is 0.264 e. The summed E-state index contributed by atoms with van der Waals surface area (Å²) >= 11 is 1.51. The number of amides is 2. The Bertz CT molecular complexity index is 1390. The van der Waals surface area contributed by atoms with Gasteiger partial charge >= 0.3 is 0 Å². The Balaban J connectivity index is 2.02. The quantitative estimate of drug-likeness (QED) is 0.255. The molecule has 0 aliphatic rings. The second kappa shape index (κ2) is 14.9. The second-order valence-electron chi connectivity index (χ2n) is 9.59. The Kier molecular flexibility index (Phi) is 11.7. The van der Waals surface area contributed by atoms with Crippen LogP contribution in [-0.4, -0.2) is 57.1 Å². The van der Waals surface area contributed by atoms with E-state index in [2.05, 4.69) is 5.32 Å². The SMILES string of the molecule is CCCNC(=O)C(C)N(Cc1ccc(C)cc1)C(=O)CN(c1ccc(OCC)cc1)S(=O)(=O)c1ccc(SC)cc1. The number of nitrogens with one attached hydrogen (secondary N) is 1. The van der Waals surface area contributed by atoms with Gasteiger partial charge in [0.25, 0.3) is 10.0 Å². The van der Waals surface area contributed by atoms with Gasteiger partial charge in [0.05, 0.1) is 17.2 Å². The maximum Gasteiger partial charge on any atom is 0.264 e. The molecule has 0 bridgehead atoms. The summed E-state index contributed by atoms with van der Waals surface area (Å²) in [4.78, 5) is 29.4. The van der Waals surface area contributed by atoms with Crippen LogP contribution in [0, 0.1) is 6.92 Å². The summed E-state index contributed by atoms with van der Waals surface area (Å²) in [5, 5.41) is 2.85. The maximum atomic E-state index is 14.0. The fourth-order valence-corrected chi connectivity index (χ4v) is 5.97. The molecule has 0 spiro atoms. The van der Waals surface area contributed by atoms with Gasteiger partial charge in [-0.1, -0.05) is 36.8 Å². The van der Waals surface area contributed by atoms with E-state index in [1.165, 1.54) is 28.8 Å². The highest BCUT2D eigenvalue weighted by atomic mass is 32.2. The Morgan fingerprint density at radius 1 is 0.951 bits per heavy atom. The van der Waals surface area contributed by atoms with Crippen molar-refractivity contribution in [3.05, 3.63) is 83.9 Å². The number of nitrogens with zero attached hydrogens (tertiary/aromatic N) is 2. The highest BCUT2D eigenvalue weighted by Crippen LogP contribution is 2.28. The van der Waals surface area contributed by atoms with E-state index in [9.17, 15) is 18.0 Å². The van der Waals surface area contributed by atoms with Crippen LogP contribution < -0.4 is 14.4 Å². The highest BCUT2D eigenvalue weighted by molar-refractivity contribution is 7.98. The number of rotatable bonds is 14. The van der Waals surface area contributed by atoms with Crippen LogP contribution in [0.3, 0.4) is 0 Å². The fourth-order valence-electron chi connectivity index (χ4n) is 4.15. The van der Waals surface area contributed by atoms with Gasteiger partial charge in [-0.25, -0.2) is 8.42 Å². The first-order valence-corrected chi connectivity index (χ1v) is 16.3. The average Bonchev–Trinajstić information content (AvgIpc) is 2.98. The molecule has 1 N–H and O–H groups in total. The normalized spacial score (nSPS) is 11.9. The topological polar surface area (TPSA) is 96.0 Å². The van der Waals surface area contributed by atoms with E-state index in [1.54, 1.807) is 43.3 Å². The van der Waals surface area contributed by atoms with Crippen LogP contribution in [0.15, 0.2) is 82.6 Å². The predicted molar refractivity (Wildman–Crippen MR) is 165 cm³/mol. The number of hydrogen-bond donors (Lipinski definition) is 1. The van der Waals surface area contributed by atoms with Crippen LogP contribution in [0.4, 0.5) is 5.69 Å². The van der Waals surface area contributed by atoms with Crippen molar-refractivity contribution in [1.29, 1.82) is 0 Å². The number of aryl methyl sites for hydroxylation is 1. The van der Waals surface area contributed by atoms with Crippen molar-refractivity contribution in [1.82, 2.24) is 10.2 Å². The lowest BCUT2D eigenvalue weighted by molar-refractivity contribution is -0.139. The van der Waals surface area contributed by atoms with Gasteiger partial charge in [0.1, 0.15) is 18.3 Å². The van der Waals surface area contributed by atoms with Crippen molar-refractivity contribution in [2.45, 2.75) is 56.5 Å². The van der Waals surface area contributed by atoms with Gasteiger partial charge in [0.15, 0.2) is 0 Å². The molecule has 3 aromatic rings. The van der Waals surface area contributed by atoms with Gasteiger partial charge in [-0.2, -0.15) is 0 Å². The zero-order valence-corrected chi connectivity index (χ0v) is 25.9. The Morgan fingerprint density at radius 2 is 1.59 bits per heavy atom. The van der Waals surface area contributed by atoms with E-state index in [1.807, 2.05) is 51.3 Å². The summed E-state index contributed by atoms with van der Waals surface area (Å²) < 4.78 is 34.6. The molecule has 0 heterocycles. The number of anilines is 1. The molecule has 1 unspecified atom stereocenters. The number of carbonyl (C=O) groups is 2. The summed E-state index contributed by atoms with van der Waals surface area (Å²) in [5.74, 6) is -0.204. The van der Waals surface area contributed by atoms with E-state index in [0.29, 0.717) is 24.6 Å². The van der Waals surface area contributed by atoms with E-state index >= 15 is 0 Å². The minimum absolute atomic E-state index is 0.0656.